The van der Waals surface area contributed by atoms with Gasteiger partial charge in [-0.05, 0) is 49.2 Å². The Morgan fingerprint density at radius 1 is 0.593 bits per heavy atom. The van der Waals surface area contributed by atoms with E-state index in [0.717, 1.165) is 18.7 Å². The topological polar surface area (TPSA) is 43.9 Å². The van der Waals surface area contributed by atoms with Gasteiger partial charge in [0.15, 0.2) is 0 Å². The minimum atomic E-state index is 0.0395. The number of benzene rings is 2. The molecule has 2 saturated heterocycles. The lowest BCUT2D eigenvalue weighted by atomic mass is 10.1. The monoisotopic (exact) mass is 363 g/mol. The van der Waals surface area contributed by atoms with Crippen LogP contribution in [0.3, 0.4) is 0 Å². The highest BCUT2D eigenvalue weighted by Gasteiger charge is 2.25. The van der Waals surface area contributed by atoms with Gasteiger partial charge in [0.2, 0.25) is 0 Å². The smallest absolute Gasteiger partial charge is 0.253 e. The molecule has 2 amide bonds. The molecule has 2 heterocycles. The zero-order chi connectivity index (χ0) is 18.6. The van der Waals surface area contributed by atoms with Crippen LogP contribution in [-0.4, -0.2) is 60.9 Å². The Hall–Kier alpha value is -2.82. The summed E-state index contributed by atoms with van der Waals surface area (Å²) in [5, 5.41) is 0. The van der Waals surface area contributed by atoms with E-state index in [4.69, 9.17) is 0 Å². The van der Waals surface area contributed by atoms with E-state index in [1.165, 1.54) is 18.5 Å². The highest BCUT2D eigenvalue weighted by molar-refractivity contribution is 5.96. The lowest BCUT2D eigenvalue weighted by molar-refractivity contribution is 0.0535. The lowest BCUT2D eigenvalue weighted by Gasteiger charge is -2.35. The third-order valence-electron chi connectivity index (χ3n) is 5.46. The van der Waals surface area contributed by atoms with Crippen molar-refractivity contribution < 1.29 is 9.59 Å². The molecule has 5 nitrogen and oxygen atoms in total. The first-order valence-corrected chi connectivity index (χ1v) is 9.71. The molecule has 2 aromatic carbocycles. The summed E-state index contributed by atoms with van der Waals surface area (Å²) in [5.74, 6) is 0.0902. The van der Waals surface area contributed by atoms with Gasteiger partial charge in [-0.25, -0.2) is 0 Å². The third-order valence-corrected chi connectivity index (χ3v) is 5.46. The zero-order valence-electron chi connectivity index (χ0n) is 15.5. The molecule has 2 aliphatic heterocycles. The van der Waals surface area contributed by atoms with Crippen molar-refractivity contribution in [1.29, 1.82) is 0 Å². The van der Waals surface area contributed by atoms with Crippen molar-refractivity contribution in [2.45, 2.75) is 12.8 Å². The van der Waals surface area contributed by atoms with Crippen LogP contribution in [0.15, 0.2) is 54.6 Å². The third kappa shape index (κ3) is 3.82. The van der Waals surface area contributed by atoms with E-state index in [2.05, 4.69) is 4.90 Å². The Kier molecular flexibility index (Phi) is 5.10. The maximum Gasteiger partial charge on any atom is 0.253 e. The Morgan fingerprint density at radius 3 is 1.59 bits per heavy atom. The molecule has 0 spiro atoms. The highest BCUT2D eigenvalue weighted by Crippen LogP contribution is 2.21. The molecule has 4 rings (SSSR count). The zero-order valence-corrected chi connectivity index (χ0v) is 15.5. The average molecular weight is 363 g/mol. The van der Waals surface area contributed by atoms with Crippen LogP contribution in [0.25, 0.3) is 0 Å². The van der Waals surface area contributed by atoms with Crippen molar-refractivity contribution in [3.8, 4) is 0 Å². The van der Waals surface area contributed by atoms with Gasteiger partial charge in [-0.1, -0.05) is 18.2 Å². The fraction of sp³-hybridized carbons (Fsp3) is 0.364. The van der Waals surface area contributed by atoms with Crippen LogP contribution in [-0.2, 0) is 0 Å². The normalized spacial score (nSPS) is 17.3. The van der Waals surface area contributed by atoms with Gasteiger partial charge in [0.05, 0.1) is 0 Å². The van der Waals surface area contributed by atoms with Crippen LogP contribution < -0.4 is 4.90 Å². The maximum absolute atomic E-state index is 12.8. The van der Waals surface area contributed by atoms with Gasteiger partial charge in [-0.15, -0.1) is 0 Å². The molecule has 5 heteroatoms. The minimum Gasteiger partial charge on any atom is -0.372 e. The van der Waals surface area contributed by atoms with E-state index < -0.39 is 0 Å². The summed E-state index contributed by atoms with van der Waals surface area (Å²) in [6.07, 6.45) is 2.49. The number of rotatable bonds is 3. The number of nitrogens with zero attached hydrogens (tertiary/aromatic N) is 3. The fourth-order valence-electron chi connectivity index (χ4n) is 3.85. The van der Waals surface area contributed by atoms with Crippen LogP contribution in [0.5, 0.6) is 0 Å². The summed E-state index contributed by atoms with van der Waals surface area (Å²) in [6, 6.07) is 17.3. The SMILES string of the molecule is O=C(c1ccccc1)N1CCN(C(=O)c2ccc(N3CCCC3)cc2)CC1. The molecule has 0 bridgehead atoms. The van der Waals surface area contributed by atoms with E-state index in [1.807, 2.05) is 64.4 Å². The van der Waals surface area contributed by atoms with Crippen molar-refractivity contribution in [3.63, 3.8) is 0 Å². The van der Waals surface area contributed by atoms with Crippen molar-refractivity contribution in [2.75, 3.05) is 44.2 Å². The van der Waals surface area contributed by atoms with E-state index in [-0.39, 0.29) is 11.8 Å². The fourth-order valence-corrected chi connectivity index (χ4v) is 3.85. The Bertz CT molecular complexity index is 790. The number of piperazine rings is 1. The molecule has 2 aliphatic rings. The number of carbonyl (C=O) groups excluding carboxylic acids is 2. The molecule has 2 aromatic rings. The molecule has 140 valence electrons. The van der Waals surface area contributed by atoms with Gasteiger partial charge in [0, 0.05) is 56.1 Å². The van der Waals surface area contributed by atoms with Crippen LogP contribution in [0, 0.1) is 0 Å². The second-order valence-electron chi connectivity index (χ2n) is 7.19. The first kappa shape index (κ1) is 17.6. The molecule has 0 atom stereocenters. The molecule has 2 fully saturated rings. The number of hydrogen-bond acceptors (Lipinski definition) is 3. The van der Waals surface area contributed by atoms with E-state index >= 15 is 0 Å². The van der Waals surface area contributed by atoms with Gasteiger partial charge in [0.25, 0.3) is 11.8 Å². The number of amides is 2. The Balaban J connectivity index is 1.35. The molecule has 0 aliphatic carbocycles. The van der Waals surface area contributed by atoms with Crippen LogP contribution in [0.4, 0.5) is 5.69 Å². The van der Waals surface area contributed by atoms with Crippen LogP contribution >= 0.6 is 0 Å². The second kappa shape index (κ2) is 7.82. The first-order chi connectivity index (χ1) is 13.2. The molecular weight excluding hydrogens is 338 g/mol. The predicted molar refractivity (Wildman–Crippen MR) is 106 cm³/mol. The van der Waals surface area contributed by atoms with Gasteiger partial charge in [0.1, 0.15) is 0 Å². The van der Waals surface area contributed by atoms with Gasteiger partial charge in [-0.3, -0.25) is 9.59 Å². The molecular formula is C22H25N3O2. The minimum absolute atomic E-state index is 0.0395. The summed E-state index contributed by atoms with van der Waals surface area (Å²) in [4.78, 5) is 31.4. The van der Waals surface area contributed by atoms with Gasteiger partial charge < -0.3 is 14.7 Å². The quantitative estimate of drug-likeness (QED) is 0.842. The summed E-state index contributed by atoms with van der Waals surface area (Å²) in [5.41, 5.74) is 2.62. The lowest BCUT2D eigenvalue weighted by Crippen LogP contribution is -2.50. The number of anilines is 1. The van der Waals surface area contributed by atoms with E-state index in [1.54, 1.807) is 0 Å². The van der Waals surface area contributed by atoms with Gasteiger partial charge >= 0.3 is 0 Å². The molecule has 0 aromatic heterocycles. The van der Waals surface area contributed by atoms with Crippen molar-refractivity contribution in [2.24, 2.45) is 0 Å². The molecule has 0 unspecified atom stereocenters. The summed E-state index contributed by atoms with van der Waals surface area (Å²) < 4.78 is 0. The first-order valence-electron chi connectivity index (χ1n) is 9.71. The Morgan fingerprint density at radius 2 is 1.07 bits per heavy atom. The van der Waals surface area contributed by atoms with Gasteiger partial charge in [-0.2, -0.15) is 0 Å². The standard InChI is InChI=1S/C22H25N3O2/c26-21(18-6-2-1-3-7-18)24-14-16-25(17-15-24)22(27)19-8-10-20(11-9-19)23-12-4-5-13-23/h1-3,6-11H,4-5,12-17H2. The van der Waals surface area contributed by atoms with Crippen molar-refractivity contribution in [3.05, 3.63) is 65.7 Å². The Labute approximate surface area is 160 Å². The summed E-state index contributed by atoms with van der Waals surface area (Å²) >= 11 is 0. The van der Waals surface area contributed by atoms with Crippen molar-refractivity contribution >= 4 is 17.5 Å². The number of hydrogen-bond donors (Lipinski definition) is 0. The van der Waals surface area contributed by atoms with Crippen molar-refractivity contribution in [1.82, 2.24) is 9.80 Å². The highest BCUT2D eigenvalue weighted by atomic mass is 16.2. The molecule has 0 N–H and O–H groups in total. The molecule has 0 radical (unpaired) electrons. The van der Waals surface area contributed by atoms with Crippen LogP contribution in [0.1, 0.15) is 33.6 Å². The summed E-state index contributed by atoms with van der Waals surface area (Å²) in [7, 11) is 0. The second-order valence-corrected chi connectivity index (χ2v) is 7.19. The van der Waals surface area contributed by atoms with E-state index in [9.17, 15) is 9.59 Å². The van der Waals surface area contributed by atoms with Crippen LogP contribution in [0.2, 0.25) is 0 Å². The van der Waals surface area contributed by atoms with E-state index in [0.29, 0.717) is 31.7 Å². The maximum atomic E-state index is 12.8. The largest absolute Gasteiger partial charge is 0.372 e. The number of carbonyl (C=O) groups is 2. The predicted octanol–water partition coefficient (Wildman–Crippen LogP) is 2.89. The summed E-state index contributed by atoms with van der Waals surface area (Å²) in [6.45, 7) is 4.50. The molecule has 27 heavy (non-hydrogen) atoms. The average Bonchev–Trinajstić information content (AvgIpc) is 3.28. The molecule has 0 saturated carbocycles.